The van der Waals surface area contributed by atoms with Gasteiger partial charge in [0, 0.05) is 31.4 Å². The molecule has 1 unspecified atom stereocenters. The smallest absolute Gasteiger partial charge is 0.250 e. The second-order valence-electron chi connectivity index (χ2n) is 5.41. The zero-order valence-corrected chi connectivity index (χ0v) is 11.9. The lowest BCUT2D eigenvalue weighted by Crippen LogP contribution is -2.31. The third kappa shape index (κ3) is 6.01. The van der Waals surface area contributed by atoms with Crippen molar-refractivity contribution in [1.82, 2.24) is 9.88 Å². The maximum atomic E-state index is 11.5. The van der Waals surface area contributed by atoms with Gasteiger partial charge in [0.15, 0.2) is 0 Å². The summed E-state index contributed by atoms with van der Waals surface area (Å²) in [5.41, 5.74) is 0.0757. The summed E-state index contributed by atoms with van der Waals surface area (Å²) in [6.07, 6.45) is 5.62. The Morgan fingerprint density at radius 1 is 1.22 bits per heavy atom. The van der Waals surface area contributed by atoms with Crippen molar-refractivity contribution in [3.63, 3.8) is 0 Å². The number of aromatic nitrogens is 1. The Morgan fingerprint density at radius 2 is 2.00 bits per heavy atom. The fraction of sp³-hybridized carbons (Fsp3) is 0.667. The molecule has 0 radical (unpaired) electrons. The van der Waals surface area contributed by atoms with Gasteiger partial charge in [-0.1, -0.05) is 32.8 Å². The van der Waals surface area contributed by atoms with Gasteiger partial charge < -0.3 is 9.88 Å². The average Bonchev–Trinajstić information content (AvgIpc) is 2.31. The van der Waals surface area contributed by atoms with Crippen molar-refractivity contribution in [3.05, 3.63) is 34.7 Å². The van der Waals surface area contributed by atoms with Crippen LogP contribution in [0.25, 0.3) is 0 Å². The van der Waals surface area contributed by atoms with Crippen LogP contribution in [0.4, 0.5) is 0 Å². The van der Waals surface area contributed by atoms with E-state index in [-0.39, 0.29) is 5.56 Å². The highest BCUT2D eigenvalue weighted by molar-refractivity contribution is 4.93. The lowest BCUT2D eigenvalue weighted by molar-refractivity contribution is 0.446. The molecule has 1 aromatic heterocycles. The van der Waals surface area contributed by atoms with Crippen LogP contribution < -0.4 is 10.9 Å². The SMILES string of the molecule is CC(C)CCCC(C)NCCn1ccccc1=O. The Kier molecular flexibility index (Phi) is 6.73. The van der Waals surface area contributed by atoms with E-state index in [0.717, 1.165) is 19.0 Å². The van der Waals surface area contributed by atoms with E-state index in [9.17, 15) is 4.79 Å². The molecule has 3 heteroatoms. The minimum absolute atomic E-state index is 0.0757. The molecule has 0 saturated carbocycles. The molecule has 1 rings (SSSR count). The molecule has 1 aromatic rings. The molecule has 18 heavy (non-hydrogen) atoms. The Bertz CT molecular complexity index is 384. The van der Waals surface area contributed by atoms with Gasteiger partial charge in [-0.25, -0.2) is 0 Å². The van der Waals surface area contributed by atoms with Crippen molar-refractivity contribution in [3.8, 4) is 0 Å². The minimum atomic E-state index is 0.0757. The molecule has 0 amide bonds. The summed E-state index contributed by atoms with van der Waals surface area (Å²) in [6.45, 7) is 8.34. The summed E-state index contributed by atoms with van der Waals surface area (Å²) < 4.78 is 1.74. The Balaban J connectivity index is 2.18. The second kappa shape index (κ2) is 8.09. The van der Waals surface area contributed by atoms with Crippen LogP contribution in [0.5, 0.6) is 0 Å². The topological polar surface area (TPSA) is 34.0 Å². The zero-order chi connectivity index (χ0) is 13.4. The molecule has 1 N–H and O–H groups in total. The molecule has 0 fully saturated rings. The van der Waals surface area contributed by atoms with Crippen LogP contribution in [-0.4, -0.2) is 17.2 Å². The van der Waals surface area contributed by atoms with Gasteiger partial charge in [0.1, 0.15) is 0 Å². The van der Waals surface area contributed by atoms with Gasteiger partial charge in [-0.2, -0.15) is 0 Å². The number of nitrogens with one attached hydrogen (secondary N) is 1. The van der Waals surface area contributed by atoms with E-state index in [4.69, 9.17) is 0 Å². The normalized spacial score (nSPS) is 12.9. The van der Waals surface area contributed by atoms with Gasteiger partial charge in [0.25, 0.3) is 5.56 Å². The van der Waals surface area contributed by atoms with Crippen LogP contribution in [0.3, 0.4) is 0 Å². The Labute approximate surface area is 110 Å². The van der Waals surface area contributed by atoms with Gasteiger partial charge in [-0.05, 0) is 25.3 Å². The van der Waals surface area contributed by atoms with Gasteiger partial charge in [-0.3, -0.25) is 4.79 Å². The molecule has 0 aromatic carbocycles. The molecule has 0 saturated heterocycles. The number of hydrogen-bond donors (Lipinski definition) is 1. The van der Waals surface area contributed by atoms with Crippen LogP contribution in [0, 0.1) is 5.92 Å². The van der Waals surface area contributed by atoms with E-state index < -0.39 is 0 Å². The second-order valence-corrected chi connectivity index (χ2v) is 5.41. The van der Waals surface area contributed by atoms with Crippen LogP contribution in [0.2, 0.25) is 0 Å². The summed E-state index contributed by atoms with van der Waals surface area (Å²) in [5, 5.41) is 3.47. The van der Waals surface area contributed by atoms with Gasteiger partial charge in [-0.15, -0.1) is 0 Å². The molecule has 102 valence electrons. The highest BCUT2D eigenvalue weighted by atomic mass is 16.1. The highest BCUT2D eigenvalue weighted by Gasteiger charge is 2.02. The van der Waals surface area contributed by atoms with Crippen LogP contribution in [-0.2, 0) is 6.54 Å². The first-order chi connectivity index (χ1) is 8.59. The predicted octanol–water partition coefficient (Wildman–Crippen LogP) is 2.65. The van der Waals surface area contributed by atoms with Crippen molar-refractivity contribution in [2.45, 2.75) is 52.6 Å². The summed E-state index contributed by atoms with van der Waals surface area (Å²) in [7, 11) is 0. The van der Waals surface area contributed by atoms with Crippen molar-refractivity contribution >= 4 is 0 Å². The molecule has 0 aliphatic rings. The van der Waals surface area contributed by atoms with Crippen LogP contribution in [0.15, 0.2) is 29.2 Å². The first kappa shape index (κ1) is 15.0. The predicted molar refractivity (Wildman–Crippen MR) is 76.9 cm³/mol. The highest BCUT2D eigenvalue weighted by Crippen LogP contribution is 2.07. The molecular weight excluding hydrogens is 224 g/mol. The van der Waals surface area contributed by atoms with E-state index in [1.165, 1.54) is 19.3 Å². The first-order valence-electron chi connectivity index (χ1n) is 6.98. The van der Waals surface area contributed by atoms with Crippen LogP contribution in [0.1, 0.15) is 40.0 Å². The van der Waals surface area contributed by atoms with E-state index >= 15 is 0 Å². The van der Waals surface area contributed by atoms with Gasteiger partial charge in [0.05, 0.1) is 0 Å². The first-order valence-corrected chi connectivity index (χ1v) is 6.98. The number of hydrogen-bond acceptors (Lipinski definition) is 2. The van der Waals surface area contributed by atoms with E-state index in [0.29, 0.717) is 6.04 Å². The van der Waals surface area contributed by atoms with Gasteiger partial charge in [0.2, 0.25) is 0 Å². The zero-order valence-electron chi connectivity index (χ0n) is 11.9. The molecule has 0 bridgehead atoms. The molecule has 1 atom stereocenters. The summed E-state index contributed by atoms with van der Waals surface area (Å²) in [4.78, 5) is 11.5. The molecule has 0 aliphatic heterocycles. The third-order valence-corrected chi connectivity index (χ3v) is 3.16. The molecular formula is C15H26N2O. The van der Waals surface area contributed by atoms with Crippen molar-refractivity contribution in [2.24, 2.45) is 5.92 Å². The number of nitrogens with zero attached hydrogens (tertiary/aromatic N) is 1. The summed E-state index contributed by atoms with van der Waals surface area (Å²) in [6, 6.07) is 5.81. The number of pyridine rings is 1. The standard InChI is InChI=1S/C15H26N2O/c1-13(2)7-6-8-14(3)16-10-12-17-11-5-4-9-15(17)18/h4-5,9,11,13-14,16H,6-8,10,12H2,1-3H3. The fourth-order valence-corrected chi connectivity index (χ4v) is 2.01. The summed E-state index contributed by atoms with van der Waals surface area (Å²) in [5.74, 6) is 0.792. The molecule has 3 nitrogen and oxygen atoms in total. The maximum Gasteiger partial charge on any atom is 0.250 e. The lowest BCUT2D eigenvalue weighted by atomic mass is 10.0. The number of rotatable bonds is 8. The van der Waals surface area contributed by atoms with Crippen LogP contribution >= 0.6 is 0 Å². The average molecular weight is 250 g/mol. The molecule has 1 heterocycles. The Morgan fingerprint density at radius 3 is 2.67 bits per heavy atom. The largest absolute Gasteiger partial charge is 0.314 e. The molecule has 0 aliphatic carbocycles. The van der Waals surface area contributed by atoms with Crippen molar-refractivity contribution in [1.29, 1.82) is 0 Å². The minimum Gasteiger partial charge on any atom is -0.314 e. The fourth-order valence-electron chi connectivity index (χ4n) is 2.01. The van der Waals surface area contributed by atoms with Gasteiger partial charge >= 0.3 is 0 Å². The van der Waals surface area contributed by atoms with E-state index in [2.05, 4.69) is 26.1 Å². The van der Waals surface area contributed by atoms with E-state index in [1.807, 2.05) is 12.3 Å². The molecule has 0 spiro atoms. The van der Waals surface area contributed by atoms with Crippen molar-refractivity contribution < 1.29 is 0 Å². The lowest BCUT2D eigenvalue weighted by Gasteiger charge is -2.15. The third-order valence-electron chi connectivity index (χ3n) is 3.16. The monoisotopic (exact) mass is 250 g/mol. The summed E-state index contributed by atoms with van der Waals surface area (Å²) >= 11 is 0. The van der Waals surface area contributed by atoms with E-state index in [1.54, 1.807) is 16.7 Å². The quantitative estimate of drug-likeness (QED) is 0.769. The van der Waals surface area contributed by atoms with Crippen molar-refractivity contribution in [2.75, 3.05) is 6.54 Å². The Hall–Kier alpha value is -1.09. The maximum absolute atomic E-state index is 11.5.